The number of pyridine rings is 1. The van der Waals surface area contributed by atoms with Gasteiger partial charge in [-0.25, -0.2) is 4.98 Å². The third-order valence-electron chi connectivity index (χ3n) is 2.98. The first kappa shape index (κ1) is 11.2. The summed E-state index contributed by atoms with van der Waals surface area (Å²) in [6.45, 7) is 4.89. The highest BCUT2D eigenvalue weighted by Crippen LogP contribution is 2.33. The van der Waals surface area contributed by atoms with E-state index in [2.05, 4.69) is 25.8 Å². The molecule has 0 amide bonds. The topological polar surface area (TPSA) is 69.6 Å². The maximum Gasteiger partial charge on any atom is 0.146 e. The normalized spacial score (nSPS) is 11.2. The summed E-state index contributed by atoms with van der Waals surface area (Å²) in [5, 5.41) is 0.713. The summed E-state index contributed by atoms with van der Waals surface area (Å²) < 4.78 is 6.43. The smallest absolute Gasteiger partial charge is 0.146 e. The van der Waals surface area contributed by atoms with E-state index in [4.69, 9.17) is 5.73 Å². The lowest BCUT2D eigenvalue weighted by Crippen LogP contribution is -1.99. The number of nitrogens with zero attached hydrogens (tertiary/aromatic N) is 4. The van der Waals surface area contributed by atoms with Gasteiger partial charge in [-0.2, -0.15) is 4.37 Å². The Balaban J connectivity index is 2.36. The van der Waals surface area contributed by atoms with Crippen LogP contribution in [0.4, 0.5) is 5.00 Å². The van der Waals surface area contributed by atoms with Crippen molar-refractivity contribution >= 4 is 27.6 Å². The molecule has 0 fully saturated rings. The number of hydrogen-bond acceptors (Lipinski definition) is 5. The van der Waals surface area contributed by atoms with Crippen molar-refractivity contribution in [2.45, 2.75) is 20.4 Å². The molecule has 3 rings (SSSR count). The van der Waals surface area contributed by atoms with Crippen molar-refractivity contribution in [3.8, 4) is 11.4 Å². The van der Waals surface area contributed by atoms with Gasteiger partial charge in [-0.05, 0) is 31.4 Å². The van der Waals surface area contributed by atoms with Gasteiger partial charge < -0.3 is 10.3 Å². The Bertz CT molecular complexity index is 693. The molecule has 0 aliphatic carbocycles. The quantitative estimate of drug-likeness (QED) is 0.767. The van der Waals surface area contributed by atoms with Gasteiger partial charge in [0.05, 0.1) is 23.0 Å². The number of anilines is 1. The van der Waals surface area contributed by atoms with Gasteiger partial charge in [-0.15, -0.1) is 0 Å². The molecule has 0 atom stereocenters. The van der Waals surface area contributed by atoms with E-state index in [1.807, 2.05) is 13.0 Å². The molecule has 0 aliphatic heterocycles. The van der Waals surface area contributed by atoms with Gasteiger partial charge in [0.1, 0.15) is 16.3 Å². The van der Waals surface area contributed by atoms with Crippen LogP contribution in [0.2, 0.25) is 0 Å². The summed E-state index contributed by atoms with van der Waals surface area (Å²) in [4.78, 5) is 8.74. The van der Waals surface area contributed by atoms with Crippen molar-refractivity contribution in [1.29, 1.82) is 0 Å². The number of rotatable bonds is 2. The van der Waals surface area contributed by atoms with Crippen LogP contribution in [-0.4, -0.2) is 18.9 Å². The van der Waals surface area contributed by atoms with E-state index in [0.29, 0.717) is 5.00 Å². The van der Waals surface area contributed by atoms with Gasteiger partial charge in [0.2, 0.25) is 0 Å². The number of imidazole rings is 1. The molecule has 0 aliphatic rings. The van der Waals surface area contributed by atoms with Crippen LogP contribution in [0.25, 0.3) is 22.4 Å². The number of aryl methyl sites for hydroxylation is 2. The zero-order valence-electron chi connectivity index (χ0n) is 10.2. The van der Waals surface area contributed by atoms with Crippen molar-refractivity contribution < 1.29 is 0 Å². The number of nitrogens with two attached hydrogens (primary N) is 1. The zero-order valence-corrected chi connectivity index (χ0v) is 11.0. The molecule has 6 heteroatoms. The molecule has 0 bridgehead atoms. The molecule has 0 saturated carbocycles. The molecular weight excluding hydrogens is 246 g/mol. The van der Waals surface area contributed by atoms with Crippen LogP contribution in [0.5, 0.6) is 0 Å². The van der Waals surface area contributed by atoms with Crippen LogP contribution in [0.3, 0.4) is 0 Å². The summed E-state index contributed by atoms with van der Waals surface area (Å²) in [7, 11) is 0. The lowest BCUT2D eigenvalue weighted by atomic mass is 10.2. The van der Waals surface area contributed by atoms with Crippen molar-refractivity contribution in [2.24, 2.45) is 0 Å². The number of hydrogen-bond donors (Lipinski definition) is 1. The summed E-state index contributed by atoms with van der Waals surface area (Å²) in [6, 6.07) is 1.97. The Morgan fingerprint density at radius 1 is 1.44 bits per heavy atom. The highest BCUT2D eigenvalue weighted by molar-refractivity contribution is 7.10. The van der Waals surface area contributed by atoms with E-state index in [1.54, 1.807) is 12.4 Å². The predicted octanol–water partition coefficient (Wildman–Crippen LogP) is 2.47. The van der Waals surface area contributed by atoms with Crippen LogP contribution in [0.1, 0.15) is 12.6 Å². The summed E-state index contributed by atoms with van der Waals surface area (Å²) in [5.74, 6) is 0.879. The molecule has 2 N–H and O–H groups in total. The molecule has 18 heavy (non-hydrogen) atoms. The van der Waals surface area contributed by atoms with Gasteiger partial charge in [0.15, 0.2) is 0 Å². The van der Waals surface area contributed by atoms with Crippen molar-refractivity contribution in [3.63, 3.8) is 0 Å². The van der Waals surface area contributed by atoms with E-state index in [-0.39, 0.29) is 0 Å². The average molecular weight is 259 g/mol. The molecule has 3 heterocycles. The minimum Gasteiger partial charge on any atom is -0.389 e. The molecule has 5 nitrogen and oxygen atoms in total. The zero-order chi connectivity index (χ0) is 12.7. The lowest BCUT2D eigenvalue weighted by molar-refractivity contribution is 0.796. The van der Waals surface area contributed by atoms with Crippen molar-refractivity contribution in [3.05, 3.63) is 24.2 Å². The fourth-order valence-electron chi connectivity index (χ4n) is 2.15. The molecular formula is C12H13N5S. The van der Waals surface area contributed by atoms with Gasteiger partial charge >= 0.3 is 0 Å². The fourth-order valence-corrected chi connectivity index (χ4v) is 2.81. The maximum absolute atomic E-state index is 6.01. The Labute approximate surface area is 108 Å². The maximum atomic E-state index is 6.01. The standard InChI is InChI=1S/C12H13N5S/c1-3-17-9-4-5-14-6-8(9)15-12(17)10-7(2)16-18-11(10)13/h4-6H,3,13H2,1-2H3. The summed E-state index contributed by atoms with van der Waals surface area (Å²) in [5.41, 5.74) is 9.84. The average Bonchev–Trinajstić information content (AvgIpc) is 2.89. The van der Waals surface area contributed by atoms with Gasteiger partial charge in [-0.1, -0.05) is 0 Å². The van der Waals surface area contributed by atoms with Gasteiger partial charge in [0, 0.05) is 12.7 Å². The van der Waals surface area contributed by atoms with Crippen LogP contribution in [0, 0.1) is 6.92 Å². The molecule has 3 aromatic rings. The van der Waals surface area contributed by atoms with Gasteiger partial charge in [0.25, 0.3) is 0 Å². The van der Waals surface area contributed by atoms with E-state index in [1.165, 1.54) is 11.5 Å². The number of aromatic nitrogens is 4. The molecule has 0 saturated heterocycles. The van der Waals surface area contributed by atoms with Crippen LogP contribution in [0.15, 0.2) is 18.5 Å². The van der Waals surface area contributed by atoms with E-state index in [0.717, 1.165) is 34.7 Å². The van der Waals surface area contributed by atoms with Crippen molar-refractivity contribution in [1.82, 2.24) is 18.9 Å². The van der Waals surface area contributed by atoms with E-state index >= 15 is 0 Å². The molecule has 0 radical (unpaired) electrons. The molecule has 3 aromatic heterocycles. The first-order valence-corrected chi connectivity index (χ1v) is 6.52. The minimum absolute atomic E-state index is 0.713. The third kappa shape index (κ3) is 1.49. The van der Waals surface area contributed by atoms with Crippen LogP contribution < -0.4 is 5.73 Å². The van der Waals surface area contributed by atoms with Crippen molar-refractivity contribution in [2.75, 3.05) is 5.73 Å². The minimum atomic E-state index is 0.713. The molecule has 0 spiro atoms. The summed E-state index contributed by atoms with van der Waals surface area (Å²) >= 11 is 1.31. The SMILES string of the molecule is CCn1c(-c2c(C)nsc2N)nc2cnccc21. The van der Waals surface area contributed by atoms with E-state index < -0.39 is 0 Å². The Morgan fingerprint density at radius 2 is 2.28 bits per heavy atom. The van der Waals surface area contributed by atoms with Crippen LogP contribution >= 0.6 is 11.5 Å². The Morgan fingerprint density at radius 3 is 2.94 bits per heavy atom. The molecule has 0 aromatic carbocycles. The number of fused-ring (bicyclic) bond motifs is 1. The predicted molar refractivity (Wildman–Crippen MR) is 73.5 cm³/mol. The lowest BCUT2D eigenvalue weighted by Gasteiger charge is -2.05. The number of nitrogen functional groups attached to an aromatic ring is 1. The first-order chi connectivity index (χ1) is 8.72. The monoisotopic (exact) mass is 259 g/mol. The fraction of sp³-hybridized carbons (Fsp3) is 0.250. The second-order valence-electron chi connectivity index (χ2n) is 4.05. The second-order valence-corrected chi connectivity index (χ2v) is 4.86. The Hall–Kier alpha value is -1.95. The first-order valence-electron chi connectivity index (χ1n) is 5.74. The summed E-state index contributed by atoms with van der Waals surface area (Å²) in [6.07, 6.45) is 3.55. The van der Waals surface area contributed by atoms with Gasteiger partial charge in [-0.3, -0.25) is 4.98 Å². The highest BCUT2D eigenvalue weighted by Gasteiger charge is 2.18. The molecule has 0 unspecified atom stereocenters. The van der Waals surface area contributed by atoms with E-state index in [9.17, 15) is 0 Å². The van der Waals surface area contributed by atoms with Crippen LogP contribution in [-0.2, 0) is 6.54 Å². The highest BCUT2D eigenvalue weighted by atomic mass is 32.1. The molecule has 92 valence electrons. The Kier molecular flexibility index (Phi) is 2.52. The second kappa shape index (κ2) is 4.06. The largest absolute Gasteiger partial charge is 0.389 e. The third-order valence-corrected chi connectivity index (χ3v) is 3.75.